The van der Waals surface area contributed by atoms with Gasteiger partial charge in [-0.2, -0.15) is 0 Å². The standard InChI is InChI=1S/C14H15NO4/c1-3-18-14(16)11-13(19-9-15-11)12(17-2)10-7-5-4-6-8-10/h4-9,12H,3H2,1-2H3. The van der Waals surface area contributed by atoms with Crippen molar-refractivity contribution in [1.82, 2.24) is 4.98 Å². The van der Waals surface area contributed by atoms with Crippen molar-refractivity contribution in [3.05, 3.63) is 53.7 Å². The zero-order valence-electron chi connectivity index (χ0n) is 10.8. The smallest absolute Gasteiger partial charge is 0.360 e. The molecule has 1 atom stereocenters. The van der Waals surface area contributed by atoms with Crippen molar-refractivity contribution in [2.75, 3.05) is 13.7 Å². The number of rotatable bonds is 5. The molecule has 1 aromatic carbocycles. The highest BCUT2D eigenvalue weighted by molar-refractivity contribution is 5.88. The molecular weight excluding hydrogens is 246 g/mol. The third-order valence-corrected chi connectivity index (χ3v) is 2.64. The molecule has 1 heterocycles. The van der Waals surface area contributed by atoms with Gasteiger partial charge in [0.15, 0.2) is 17.8 Å². The molecule has 1 unspecified atom stereocenters. The first-order valence-corrected chi connectivity index (χ1v) is 5.96. The lowest BCUT2D eigenvalue weighted by atomic mass is 10.1. The average Bonchev–Trinajstić information content (AvgIpc) is 2.90. The number of aromatic nitrogens is 1. The predicted molar refractivity (Wildman–Crippen MR) is 67.8 cm³/mol. The Labute approximate surface area is 111 Å². The van der Waals surface area contributed by atoms with Gasteiger partial charge in [-0.3, -0.25) is 0 Å². The summed E-state index contributed by atoms with van der Waals surface area (Å²) in [4.78, 5) is 15.7. The predicted octanol–water partition coefficient (Wildman–Crippen LogP) is 2.59. The molecule has 1 aromatic heterocycles. The second-order valence-electron chi connectivity index (χ2n) is 3.81. The molecule has 0 amide bonds. The summed E-state index contributed by atoms with van der Waals surface area (Å²) in [5.41, 5.74) is 1.03. The Kier molecular flexibility index (Phi) is 4.30. The molecule has 0 radical (unpaired) electrons. The van der Waals surface area contributed by atoms with Crippen LogP contribution >= 0.6 is 0 Å². The Morgan fingerprint density at radius 1 is 1.37 bits per heavy atom. The summed E-state index contributed by atoms with van der Waals surface area (Å²) < 4.78 is 15.7. The molecule has 2 rings (SSSR count). The van der Waals surface area contributed by atoms with Crippen LogP contribution in [0.5, 0.6) is 0 Å². The second kappa shape index (κ2) is 6.15. The first-order valence-electron chi connectivity index (χ1n) is 5.96. The number of hydrogen-bond donors (Lipinski definition) is 0. The van der Waals surface area contributed by atoms with Gasteiger partial charge in [-0.1, -0.05) is 30.3 Å². The minimum Gasteiger partial charge on any atom is -0.461 e. The molecule has 5 nitrogen and oxygen atoms in total. The molecule has 0 aliphatic heterocycles. The largest absolute Gasteiger partial charge is 0.461 e. The topological polar surface area (TPSA) is 61.6 Å². The van der Waals surface area contributed by atoms with Gasteiger partial charge in [0.2, 0.25) is 0 Å². The molecule has 0 aliphatic carbocycles. The zero-order chi connectivity index (χ0) is 13.7. The van der Waals surface area contributed by atoms with Crippen LogP contribution in [0.3, 0.4) is 0 Å². The number of oxazole rings is 1. The van der Waals surface area contributed by atoms with Gasteiger partial charge in [0.25, 0.3) is 0 Å². The van der Waals surface area contributed by atoms with Gasteiger partial charge in [0, 0.05) is 7.11 Å². The fraction of sp³-hybridized carbons (Fsp3) is 0.286. The molecule has 0 saturated heterocycles. The molecule has 5 heteroatoms. The van der Waals surface area contributed by atoms with Crippen LogP contribution in [0.25, 0.3) is 0 Å². The Bertz CT molecular complexity index is 535. The lowest BCUT2D eigenvalue weighted by Gasteiger charge is -2.13. The van der Waals surface area contributed by atoms with Crippen LogP contribution in [0.2, 0.25) is 0 Å². The number of ether oxygens (including phenoxy) is 2. The Morgan fingerprint density at radius 2 is 2.11 bits per heavy atom. The number of methoxy groups -OCH3 is 1. The maximum atomic E-state index is 11.8. The number of hydrogen-bond acceptors (Lipinski definition) is 5. The summed E-state index contributed by atoms with van der Waals surface area (Å²) in [6.45, 7) is 2.02. The minimum absolute atomic E-state index is 0.151. The summed E-state index contributed by atoms with van der Waals surface area (Å²) >= 11 is 0. The number of carbonyl (C=O) groups excluding carboxylic acids is 1. The Balaban J connectivity index is 2.35. The van der Waals surface area contributed by atoms with E-state index in [1.807, 2.05) is 30.3 Å². The van der Waals surface area contributed by atoms with E-state index in [-0.39, 0.29) is 12.3 Å². The van der Waals surface area contributed by atoms with E-state index in [1.54, 1.807) is 14.0 Å². The third-order valence-electron chi connectivity index (χ3n) is 2.64. The van der Waals surface area contributed by atoms with Crippen molar-refractivity contribution in [3.8, 4) is 0 Å². The van der Waals surface area contributed by atoms with Crippen molar-refractivity contribution in [2.24, 2.45) is 0 Å². The van der Waals surface area contributed by atoms with E-state index in [2.05, 4.69) is 4.98 Å². The molecule has 0 aliphatic rings. The molecule has 19 heavy (non-hydrogen) atoms. The van der Waals surface area contributed by atoms with E-state index in [4.69, 9.17) is 13.9 Å². The normalized spacial score (nSPS) is 12.1. The minimum atomic E-state index is -0.510. The second-order valence-corrected chi connectivity index (χ2v) is 3.81. The van der Waals surface area contributed by atoms with Crippen molar-refractivity contribution < 1.29 is 18.7 Å². The van der Waals surface area contributed by atoms with E-state index in [0.717, 1.165) is 5.56 Å². The molecule has 0 saturated carbocycles. The van der Waals surface area contributed by atoms with E-state index >= 15 is 0 Å². The van der Waals surface area contributed by atoms with E-state index in [1.165, 1.54) is 6.39 Å². The van der Waals surface area contributed by atoms with Gasteiger partial charge in [-0.25, -0.2) is 9.78 Å². The summed E-state index contributed by atoms with van der Waals surface area (Å²) in [6, 6.07) is 9.48. The molecule has 100 valence electrons. The van der Waals surface area contributed by atoms with E-state index in [0.29, 0.717) is 5.76 Å². The Hall–Kier alpha value is -2.14. The van der Waals surface area contributed by atoms with Gasteiger partial charge in [0.05, 0.1) is 6.61 Å². The molecule has 0 fully saturated rings. The van der Waals surface area contributed by atoms with Gasteiger partial charge in [-0.05, 0) is 12.5 Å². The van der Waals surface area contributed by atoms with Crippen LogP contribution in [0.15, 0.2) is 41.1 Å². The van der Waals surface area contributed by atoms with Crippen LogP contribution in [0, 0.1) is 0 Å². The van der Waals surface area contributed by atoms with Gasteiger partial charge < -0.3 is 13.9 Å². The molecule has 0 N–H and O–H groups in total. The summed E-state index contributed by atoms with van der Waals surface area (Å²) in [5, 5.41) is 0. The van der Waals surface area contributed by atoms with Gasteiger partial charge >= 0.3 is 5.97 Å². The highest BCUT2D eigenvalue weighted by atomic mass is 16.5. The molecular formula is C14H15NO4. The fourth-order valence-corrected chi connectivity index (χ4v) is 1.82. The lowest BCUT2D eigenvalue weighted by molar-refractivity contribution is 0.0505. The van der Waals surface area contributed by atoms with Crippen LogP contribution in [0.4, 0.5) is 0 Å². The van der Waals surface area contributed by atoms with Crippen LogP contribution < -0.4 is 0 Å². The van der Waals surface area contributed by atoms with Crippen molar-refractivity contribution in [3.63, 3.8) is 0 Å². The first kappa shape index (κ1) is 13.3. The first-order chi connectivity index (χ1) is 9.27. The number of benzene rings is 1. The summed E-state index contributed by atoms with van der Waals surface area (Å²) in [5.74, 6) is -0.156. The fourth-order valence-electron chi connectivity index (χ4n) is 1.82. The maximum absolute atomic E-state index is 11.8. The molecule has 2 aromatic rings. The highest BCUT2D eigenvalue weighted by Gasteiger charge is 2.26. The van der Waals surface area contributed by atoms with Crippen LogP contribution in [-0.4, -0.2) is 24.7 Å². The summed E-state index contributed by atoms with van der Waals surface area (Å²) in [7, 11) is 1.55. The number of carbonyl (C=O) groups is 1. The number of esters is 1. The van der Waals surface area contributed by atoms with Crippen molar-refractivity contribution in [1.29, 1.82) is 0 Å². The van der Waals surface area contributed by atoms with Crippen LogP contribution in [-0.2, 0) is 9.47 Å². The summed E-state index contributed by atoms with van der Waals surface area (Å²) in [6.07, 6.45) is 0.736. The van der Waals surface area contributed by atoms with Crippen molar-refractivity contribution in [2.45, 2.75) is 13.0 Å². The van der Waals surface area contributed by atoms with E-state index < -0.39 is 12.1 Å². The van der Waals surface area contributed by atoms with Crippen LogP contribution in [0.1, 0.15) is 34.8 Å². The maximum Gasteiger partial charge on any atom is 0.360 e. The average molecular weight is 261 g/mol. The van der Waals surface area contributed by atoms with Gasteiger partial charge in [-0.15, -0.1) is 0 Å². The third kappa shape index (κ3) is 2.82. The molecule has 0 spiro atoms. The highest BCUT2D eigenvalue weighted by Crippen LogP contribution is 2.27. The van der Waals surface area contributed by atoms with E-state index in [9.17, 15) is 4.79 Å². The molecule has 0 bridgehead atoms. The quantitative estimate of drug-likeness (QED) is 0.774. The SMILES string of the molecule is CCOC(=O)c1ncoc1C(OC)c1ccccc1. The monoisotopic (exact) mass is 261 g/mol. The Morgan fingerprint density at radius 3 is 2.74 bits per heavy atom. The lowest BCUT2D eigenvalue weighted by Crippen LogP contribution is -2.12. The zero-order valence-corrected chi connectivity index (χ0v) is 10.8. The number of nitrogens with zero attached hydrogens (tertiary/aromatic N) is 1. The van der Waals surface area contributed by atoms with Gasteiger partial charge in [0.1, 0.15) is 6.10 Å². The van der Waals surface area contributed by atoms with Crippen molar-refractivity contribution >= 4 is 5.97 Å².